The van der Waals surface area contributed by atoms with Crippen LogP contribution in [0.15, 0.2) is 0 Å². The molecule has 1 N–H and O–H groups in total. The summed E-state index contributed by atoms with van der Waals surface area (Å²) in [5.74, 6) is 0. The molecule has 1 heterocycles. The van der Waals surface area contributed by atoms with Gasteiger partial charge in [-0.05, 0) is 0 Å². The number of quaternary nitrogens is 1. The molecular formula is C6H14NO+. The minimum atomic E-state index is 0.903. The van der Waals surface area contributed by atoms with Gasteiger partial charge in [0.15, 0.2) is 6.73 Å². The third-order valence-corrected chi connectivity index (χ3v) is 1.66. The fourth-order valence-electron chi connectivity index (χ4n) is 1.22. The lowest BCUT2D eigenvalue weighted by Crippen LogP contribution is -3.10. The molecule has 1 rings (SSSR count). The van der Waals surface area contributed by atoms with Crippen molar-refractivity contribution in [1.29, 1.82) is 0 Å². The van der Waals surface area contributed by atoms with Crippen LogP contribution in [0.1, 0.15) is 12.8 Å². The molecule has 0 spiro atoms. The molecule has 1 aliphatic heterocycles. The molecule has 0 aromatic heterocycles. The summed E-state index contributed by atoms with van der Waals surface area (Å²) in [6.45, 7) is 3.53. The molecule has 0 bridgehead atoms. The highest BCUT2D eigenvalue weighted by Crippen LogP contribution is 1.86. The summed E-state index contributed by atoms with van der Waals surface area (Å²) in [6, 6.07) is 0. The summed E-state index contributed by atoms with van der Waals surface area (Å²) in [7, 11) is 1.77. The predicted molar refractivity (Wildman–Crippen MR) is 31.8 cm³/mol. The molecule has 1 saturated heterocycles. The van der Waals surface area contributed by atoms with Crippen LogP contribution in [0.25, 0.3) is 0 Å². The molecule has 0 atom stereocenters. The first-order chi connectivity index (χ1) is 3.93. The van der Waals surface area contributed by atoms with E-state index in [1.165, 1.54) is 25.9 Å². The van der Waals surface area contributed by atoms with Gasteiger partial charge in [-0.2, -0.15) is 0 Å². The van der Waals surface area contributed by atoms with Crippen LogP contribution in [0.5, 0.6) is 0 Å². The lowest BCUT2D eigenvalue weighted by atomic mass is 10.4. The van der Waals surface area contributed by atoms with E-state index in [0.29, 0.717) is 0 Å². The van der Waals surface area contributed by atoms with Crippen LogP contribution >= 0.6 is 0 Å². The number of rotatable bonds is 2. The number of hydrogen-bond donors (Lipinski definition) is 1. The highest BCUT2D eigenvalue weighted by molar-refractivity contribution is 4.41. The first kappa shape index (κ1) is 6.05. The van der Waals surface area contributed by atoms with E-state index in [9.17, 15) is 0 Å². The molecule has 0 unspecified atom stereocenters. The molecule has 0 aromatic rings. The van der Waals surface area contributed by atoms with Crippen molar-refractivity contribution in [2.75, 3.05) is 26.9 Å². The third kappa shape index (κ3) is 1.46. The Morgan fingerprint density at radius 2 is 2.00 bits per heavy atom. The number of hydrogen-bond acceptors (Lipinski definition) is 1. The second-order valence-corrected chi connectivity index (χ2v) is 2.39. The van der Waals surface area contributed by atoms with Crippen molar-refractivity contribution < 1.29 is 9.64 Å². The van der Waals surface area contributed by atoms with E-state index >= 15 is 0 Å². The first-order valence-electron chi connectivity index (χ1n) is 3.26. The van der Waals surface area contributed by atoms with Crippen molar-refractivity contribution in [2.45, 2.75) is 12.8 Å². The van der Waals surface area contributed by atoms with Crippen molar-refractivity contribution >= 4 is 0 Å². The van der Waals surface area contributed by atoms with Crippen LogP contribution < -0.4 is 4.90 Å². The van der Waals surface area contributed by atoms with Crippen molar-refractivity contribution in [3.05, 3.63) is 0 Å². The van der Waals surface area contributed by atoms with E-state index in [4.69, 9.17) is 4.74 Å². The summed E-state index contributed by atoms with van der Waals surface area (Å²) in [4.78, 5) is 1.60. The molecule has 2 nitrogen and oxygen atoms in total. The van der Waals surface area contributed by atoms with E-state index in [1.807, 2.05) is 0 Å². The van der Waals surface area contributed by atoms with Crippen molar-refractivity contribution in [1.82, 2.24) is 0 Å². The zero-order valence-electron chi connectivity index (χ0n) is 5.44. The SMILES string of the molecule is COC[NH+]1CCCC1. The average Bonchev–Trinajstić information content (AvgIpc) is 2.19. The quantitative estimate of drug-likeness (QED) is 0.502. The molecule has 0 aromatic carbocycles. The lowest BCUT2D eigenvalue weighted by molar-refractivity contribution is -0.907. The molecule has 1 fully saturated rings. The van der Waals surface area contributed by atoms with Gasteiger partial charge in [0.25, 0.3) is 0 Å². The number of likely N-dealkylation sites (tertiary alicyclic amines) is 1. The second kappa shape index (κ2) is 3.05. The highest BCUT2D eigenvalue weighted by atomic mass is 16.5. The fourth-order valence-corrected chi connectivity index (χ4v) is 1.22. The number of ether oxygens (including phenoxy) is 1. The smallest absolute Gasteiger partial charge is 0.181 e. The van der Waals surface area contributed by atoms with Gasteiger partial charge < -0.3 is 9.64 Å². The Kier molecular flexibility index (Phi) is 2.30. The van der Waals surface area contributed by atoms with Crippen LogP contribution in [0, 0.1) is 0 Å². The van der Waals surface area contributed by atoms with Crippen molar-refractivity contribution in [2.24, 2.45) is 0 Å². The highest BCUT2D eigenvalue weighted by Gasteiger charge is 2.13. The Bertz CT molecular complexity index is 59.5. The summed E-state index contributed by atoms with van der Waals surface area (Å²) in [6.07, 6.45) is 2.78. The van der Waals surface area contributed by atoms with Gasteiger partial charge in [0, 0.05) is 20.0 Å². The molecule has 1 aliphatic rings. The zero-order chi connectivity index (χ0) is 5.82. The standard InChI is InChI=1S/C6H13NO/c1-8-6-7-4-2-3-5-7/h2-6H2,1H3/p+1. The molecule has 48 valence electrons. The van der Waals surface area contributed by atoms with Crippen molar-refractivity contribution in [3.8, 4) is 0 Å². The Morgan fingerprint density at radius 1 is 1.38 bits per heavy atom. The second-order valence-electron chi connectivity index (χ2n) is 2.39. The molecule has 0 amide bonds. The Morgan fingerprint density at radius 3 is 2.50 bits per heavy atom. The van der Waals surface area contributed by atoms with Crippen LogP contribution in [-0.4, -0.2) is 26.9 Å². The van der Waals surface area contributed by atoms with Gasteiger partial charge in [-0.15, -0.1) is 0 Å². The fraction of sp³-hybridized carbons (Fsp3) is 1.00. The number of methoxy groups -OCH3 is 1. The zero-order valence-corrected chi connectivity index (χ0v) is 5.44. The maximum atomic E-state index is 4.99. The maximum absolute atomic E-state index is 4.99. The van der Waals surface area contributed by atoms with Crippen LogP contribution in [0.3, 0.4) is 0 Å². The third-order valence-electron chi connectivity index (χ3n) is 1.66. The number of nitrogens with one attached hydrogen (secondary N) is 1. The molecule has 8 heavy (non-hydrogen) atoms. The normalized spacial score (nSPS) is 22.1. The maximum Gasteiger partial charge on any atom is 0.181 e. The Labute approximate surface area is 50.4 Å². The average molecular weight is 116 g/mol. The van der Waals surface area contributed by atoms with Gasteiger partial charge in [-0.25, -0.2) is 0 Å². The monoisotopic (exact) mass is 116 g/mol. The topological polar surface area (TPSA) is 13.7 Å². The van der Waals surface area contributed by atoms with E-state index < -0.39 is 0 Å². The summed E-state index contributed by atoms with van der Waals surface area (Å²) in [5, 5.41) is 0. The summed E-state index contributed by atoms with van der Waals surface area (Å²) < 4.78 is 4.99. The van der Waals surface area contributed by atoms with Gasteiger partial charge >= 0.3 is 0 Å². The lowest BCUT2D eigenvalue weighted by Gasteiger charge is -2.08. The Balaban J connectivity index is 2.06. The van der Waals surface area contributed by atoms with E-state index in [2.05, 4.69) is 0 Å². The van der Waals surface area contributed by atoms with Gasteiger partial charge in [-0.1, -0.05) is 0 Å². The Hall–Kier alpha value is -0.0800. The van der Waals surface area contributed by atoms with Crippen LogP contribution in [-0.2, 0) is 4.74 Å². The molecular weight excluding hydrogens is 102 g/mol. The van der Waals surface area contributed by atoms with Gasteiger partial charge in [0.1, 0.15) is 0 Å². The molecule has 2 heteroatoms. The molecule has 0 aliphatic carbocycles. The summed E-state index contributed by atoms with van der Waals surface area (Å²) >= 11 is 0. The first-order valence-corrected chi connectivity index (χ1v) is 3.26. The largest absolute Gasteiger partial charge is 0.335 e. The van der Waals surface area contributed by atoms with Gasteiger partial charge in [-0.3, -0.25) is 0 Å². The molecule has 0 saturated carbocycles. The van der Waals surface area contributed by atoms with Crippen LogP contribution in [0.4, 0.5) is 0 Å². The van der Waals surface area contributed by atoms with Gasteiger partial charge in [0.2, 0.25) is 0 Å². The van der Waals surface area contributed by atoms with E-state index in [0.717, 1.165) is 6.73 Å². The minimum Gasteiger partial charge on any atom is -0.335 e. The predicted octanol–water partition coefficient (Wildman–Crippen LogP) is -0.731. The van der Waals surface area contributed by atoms with E-state index in [-0.39, 0.29) is 0 Å². The van der Waals surface area contributed by atoms with Crippen molar-refractivity contribution in [3.63, 3.8) is 0 Å². The minimum absolute atomic E-state index is 0.903. The molecule has 0 radical (unpaired) electrons. The van der Waals surface area contributed by atoms with E-state index in [1.54, 1.807) is 12.0 Å². The summed E-state index contributed by atoms with van der Waals surface area (Å²) in [5.41, 5.74) is 0. The van der Waals surface area contributed by atoms with Crippen LogP contribution in [0.2, 0.25) is 0 Å². The van der Waals surface area contributed by atoms with Gasteiger partial charge in [0.05, 0.1) is 13.1 Å².